The number of nitrogens with zero attached hydrogens (tertiary/aromatic N) is 2. The van der Waals surface area contributed by atoms with Gasteiger partial charge in [0.05, 0.1) is 5.69 Å². The molecule has 0 saturated carbocycles. The fourth-order valence-corrected chi connectivity index (χ4v) is 2.70. The van der Waals surface area contributed by atoms with Gasteiger partial charge >= 0.3 is 0 Å². The minimum Gasteiger partial charge on any atom is -0.311 e. The van der Waals surface area contributed by atoms with E-state index in [1.165, 1.54) is 11.1 Å². The van der Waals surface area contributed by atoms with Crippen LogP contribution >= 0.6 is 0 Å². The Hall–Kier alpha value is -1.74. The zero-order valence-corrected chi connectivity index (χ0v) is 11.3. The second-order valence-corrected chi connectivity index (χ2v) is 5.06. The molecule has 98 valence electrons. The van der Waals surface area contributed by atoms with E-state index in [-0.39, 0.29) is 0 Å². The fourth-order valence-electron chi connectivity index (χ4n) is 2.70. The second kappa shape index (κ2) is 5.49. The molecule has 3 rings (SSSR count). The lowest BCUT2D eigenvalue weighted by Crippen LogP contribution is -2.14. The van der Waals surface area contributed by atoms with Crippen LogP contribution in [0.3, 0.4) is 0 Å². The molecule has 1 heterocycles. The van der Waals surface area contributed by atoms with Crippen molar-refractivity contribution in [1.82, 2.24) is 15.3 Å². The molecule has 0 spiro atoms. The van der Waals surface area contributed by atoms with E-state index in [1.807, 2.05) is 12.3 Å². The fraction of sp³-hybridized carbons (Fsp3) is 0.375. The second-order valence-electron chi connectivity index (χ2n) is 5.06. The highest BCUT2D eigenvalue weighted by Crippen LogP contribution is 2.31. The van der Waals surface area contributed by atoms with Gasteiger partial charge in [-0.15, -0.1) is 0 Å². The Morgan fingerprint density at radius 3 is 2.58 bits per heavy atom. The van der Waals surface area contributed by atoms with Gasteiger partial charge in [0.25, 0.3) is 0 Å². The molecule has 3 heteroatoms. The SMILES string of the molecule is CCNCc1ccnc(C2Cc3ccccc3C2)n1. The molecule has 0 atom stereocenters. The smallest absolute Gasteiger partial charge is 0.132 e. The molecule has 0 saturated heterocycles. The Kier molecular flexibility index (Phi) is 3.56. The highest BCUT2D eigenvalue weighted by molar-refractivity contribution is 5.35. The van der Waals surface area contributed by atoms with Crippen LogP contribution in [-0.4, -0.2) is 16.5 Å². The number of aromatic nitrogens is 2. The Bertz CT molecular complexity index is 540. The summed E-state index contributed by atoms with van der Waals surface area (Å²) in [6.07, 6.45) is 4.03. The number of hydrogen-bond donors (Lipinski definition) is 1. The van der Waals surface area contributed by atoms with E-state index >= 15 is 0 Å². The van der Waals surface area contributed by atoms with E-state index < -0.39 is 0 Å². The molecule has 19 heavy (non-hydrogen) atoms. The van der Waals surface area contributed by atoms with Crippen LogP contribution in [0.2, 0.25) is 0 Å². The third-order valence-corrected chi connectivity index (χ3v) is 3.70. The maximum Gasteiger partial charge on any atom is 0.132 e. The molecule has 0 bridgehead atoms. The summed E-state index contributed by atoms with van der Waals surface area (Å²) in [4.78, 5) is 9.18. The molecule has 0 radical (unpaired) electrons. The topological polar surface area (TPSA) is 37.8 Å². The van der Waals surface area contributed by atoms with Gasteiger partial charge in [-0.05, 0) is 36.6 Å². The minimum absolute atomic E-state index is 0.443. The molecule has 0 amide bonds. The lowest BCUT2D eigenvalue weighted by molar-refractivity contribution is 0.653. The van der Waals surface area contributed by atoms with Crippen molar-refractivity contribution in [2.75, 3.05) is 6.54 Å². The zero-order chi connectivity index (χ0) is 13.1. The highest BCUT2D eigenvalue weighted by Gasteiger charge is 2.24. The third-order valence-electron chi connectivity index (χ3n) is 3.70. The summed E-state index contributed by atoms with van der Waals surface area (Å²) in [5.41, 5.74) is 3.99. The van der Waals surface area contributed by atoms with Crippen molar-refractivity contribution in [2.24, 2.45) is 0 Å². The molecule has 0 fully saturated rings. The zero-order valence-electron chi connectivity index (χ0n) is 11.3. The molecular formula is C16H19N3. The van der Waals surface area contributed by atoms with Gasteiger partial charge in [0, 0.05) is 18.7 Å². The largest absolute Gasteiger partial charge is 0.311 e. The molecule has 1 aromatic carbocycles. The summed E-state index contributed by atoms with van der Waals surface area (Å²) < 4.78 is 0. The van der Waals surface area contributed by atoms with Gasteiger partial charge in [-0.25, -0.2) is 9.97 Å². The van der Waals surface area contributed by atoms with Crippen molar-refractivity contribution in [2.45, 2.75) is 32.2 Å². The summed E-state index contributed by atoms with van der Waals surface area (Å²) in [7, 11) is 0. The Balaban J connectivity index is 1.77. The predicted molar refractivity (Wildman–Crippen MR) is 76.0 cm³/mol. The Morgan fingerprint density at radius 1 is 1.16 bits per heavy atom. The van der Waals surface area contributed by atoms with E-state index in [0.717, 1.165) is 37.4 Å². The molecule has 3 nitrogen and oxygen atoms in total. The van der Waals surface area contributed by atoms with Crippen molar-refractivity contribution >= 4 is 0 Å². The van der Waals surface area contributed by atoms with Gasteiger partial charge in [-0.1, -0.05) is 31.2 Å². The molecule has 0 aliphatic heterocycles. The number of fused-ring (bicyclic) bond motifs is 1. The van der Waals surface area contributed by atoms with Gasteiger partial charge < -0.3 is 5.32 Å². The van der Waals surface area contributed by atoms with Crippen molar-refractivity contribution in [3.63, 3.8) is 0 Å². The first-order valence-corrected chi connectivity index (χ1v) is 6.96. The van der Waals surface area contributed by atoms with Crippen LogP contribution in [0.25, 0.3) is 0 Å². The molecule has 1 aliphatic carbocycles. The van der Waals surface area contributed by atoms with E-state index in [1.54, 1.807) is 0 Å². The van der Waals surface area contributed by atoms with Crippen LogP contribution in [0.1, 0.15) is 35.5 Å². The molecule has 1 N–H and O–H groups in total. The third kappa shape index (κ3) is 2.66. The molecule has 1 aromatic heterocycles. The molecular weight excluding hydrogens is 234 g/mol. The number of benzene rings is 1. The van der Waals surface area contributed by atoms with Crippen LogP contribution in [0.15, 0.2) is 36.5 Å². The van der Waals surface area contributed by atoms with E-state index in [9.17, 15) is 0 Å². The van der Waals surface area contributed by atoms with Crippen LogP contribution < -0.4 is 5.32 Å². The first kappa shape index (κ1) is 12.3. The lowest BCUT2D eigenvalue weighted by atomic mass is 10.1. The number of rotatable bonds is 4. The normalized spacial score (nSPS) is 14.6. The predicted octanol–water partition coefficient (Wildman–Crippen LogP) is 2.47. The van der Waals surface area contributed by atoms with Crippen LogP contribution in [0.4, 0.5) is 0 Å². The van der Waals surface area contributed by atoms with Crippen LogP contribution in [0, 0.1) is 0 Å². The summed E-state index contributed by atoms with van der Waals surface area (Å²) in [5.74, 6) is 1.44. The average molecular weight is 253 g/mol. The first-order chi connectivity index (χ1) is 9.36. The molecule has 0 unspecified atom stereocenters. The van der Waals surface area contributed by atoms with E-state index in [0.29, 0.717) is 5.92 Å². The minimum atomic E-state index is 0.443. The summed E-state index contributed by atoms with van der Waals surface area (Å²) in [6, 6.07) is 10.7. The maximum atomic E-state index is 4.70. The van der Waals surface area contributed by atoms with Gasteiger partial charge in [0.15, 0.2) is 0 Å². The summed E-state index contributed by atoms with van der Waals surface area (Å²) in [5, 5.41) is 3.31. The maximum absolute atomic E-state index is 4.70. The molecule has 2 aromatic rings. The molecule has 1 aliphatic rings. The number of nitrogens with one attached hydrogen (secondary N) is 1. The van der Waals surface area contributed by atoms with Gasteiger partial charge in [0.1, 0.15) is 5.82 Å². The van der Waals surface area contributed by atoms with Crippen molar-refractivity contribution in [3.05, 3.63) is 59.2 Å². The average Bonchev–Trinajstić information content (AvgIpc) is 2.89. The quantitative estimate of drug-likeness (QED) is 0.909. The monoisotopic (exact) mass is 253 g/mol. The van der Waals surface area contributed by atoms with Crippen LogP contribution in [-0.2, 0) is 19.4 Å². The Labute approximate surface area is 114 Å². The lowest BCUT2D eigenvalue weighted by Gasteiger charge is -2.09. The summed E-state index contributed by atoms with van der Waals surface area (Å²) >= 11 is 0. The summed E-state index contributed by atoms with van der Waals surface area (Å²) in [6.45, 7) is 3.90. The Morgan fingerprint density at radius 2 is 1.89 bits per heavy atom. The standard InChI is InChI=1S/C16H19N3/c1-2-17-11-15-7-8-18-16(19-15)14-9-12-5-3-4-6-13(12)10-14/h3-8,14,17H,2,9-11H2,1H3. The van der Waals surface area contributed by atoms with Crippen molar-refractivity contribution in [1.29, 1.82) is 0 Å². The van der Waals surface area contributed by atoms with Crippen molar-refractivity contribution < 1.29 is 0 Å². The van der Waals surface area contributed by atoms with Gasteiger partial charge in [-0.3, -0.25) is 0 Å². The van der Waals surface area contributed by atoms with Crippen molar-refractivity contribution in [3.8, 4) is 0 Å². The highest BCUT2D eigenvalue weighted by atomic mass is 14.9. The van der Waals surface area contributed by atoms with Gasteiger partial charge in [-0.2, -0.15) is 0 Å². The van der Waals surface area contributed by atoms with Crippen LogP contribution in [0.5, 0.6) is 0 Å². The van der Waals surface area contributed by atoms with E-state index in [4.69, 9.17) is 4.98 Å². The number of hydrogen-bond acceptors (Lipinski definition) is 3. The van der Waals surface area contributed by atoms with Gasteiger partial charge in [0.2, 0.25) is 0 Å². The van der Waals surface area contributed by atoms with E-state index in [2.05, 4.69) is 41.5 Å². The first-order valence-electron chi connectivity index (χ1n) is 6.96.